The molecule has 1 saturated heterocycles. The van der Waals surface area contributed by atoms with E-state index >= 15 is 0 Å². The van der Waals surface area contributed by atoms with Crippen LogP contribution in [0.25, 0.3) is 0 Å². The molecule has 276 valence electrons. The number of likely N-dealkylation sites (tertiary alicyclic amines) is 1. The summed E-state index contributed by atoms with van der Waals surface area (Å²) in [5.74, 6) is 4.72. The Bertz CT molecular complexity index is 686. The minimum atomic E-state index is -0.739. The third kappa shape index (κ3) is 27.9. The Morgan fingerprint density at radius 1 is 0.511 bits per heavy atom. The molecule has 0 aromatic heterocycles. The molecule has 1 N–H and O–H groups in total. The Balaban J connectivity index is 1.95. The van der Waals surface area contributed by atoms with Crippen LogP contribution in [0.1, 0.15) is 194 Å². The first-order chi connectivity index (χ1) is 23.1. The van der Waals surface area contributed by atoms with Crippen LogP contribution in [0.15, 0.2) is 24.3 Å². The molecule has 1 aliphatic heterocycles. The van der Waals surface area contributed by atoms with Crippen LogP contribution >= 0.6 is 23.5 Å². The van der Waals surface area contributed by atoms with E-state index in [0.717, 1.165) is 24.6 Å². The van der Waals surface area contributed by atoms with Crippen molar-refractivity contribution in [2.24, 2.45) is 5.41 Å². The van der Waals surface area contributed by atoms with Gasteiger partial charge in [-0.05, 0) is 75.7 Å². The molecule has 1 aliphatic rings. The van der Waals surface area contributed by atoms with Crippen molar-refractivity contribution in [1.82, 2.24) is 4.90 Å². The Kier molecular flexibility index (Phi) is 32.1. The van der Waals surface area contributed by atoms with Gasteiger partial charge in [0.1, 0.15) is 0 Å². The van der Waals surface area contributed by atoms with Gasteiger partial charge in [-0.25, -0.2) is 4.79 Å². The van der Waals surface area contributed by atoms with Crippen LogP contribution in [-0.4, -0.2) is 52.2 Å². The van der Waals surface area contributed by atoms with Gasteiger partial charge in [0.2, 0.25) is 0 Å². The van der Waals surface area contributed by atoms with Crippen molar-refractivity contribution in [3.05, 3.63) is 24.3 Å². The van der Waals surface area contributed by atoms with Crippen LogP contribution in [0.4, 0.5) is 4.79 Å². The summed E-state index contributed by atoms with van der Waals surface area (Å²) < 4.78 is 0. The summed E-state index contributed by atoms with van der Waals surface area (Å²) in [6.07, 6.45) is 46.9. The van der Waals surface area contributed by atoms with Gasteiger partial charge in [-0.2, -0.15) is 23.5 Å². The lowest BCUT2D eigenvalue weighted by Crippen LogP contribution is -2.60. The first-order valence-electron chi connectivity index (χ1n) is 20.6. The third-order valence-electron chi connectivity index (χ3n) is 9.74. The molecule has 1 fully saturated rings. The number of nitrogens with zero attached hydrogens (tertiary/aromatic N) is 1. The van der Waals surface area contributed by atoms with Gasteiger partial charge < -0.3 is 10.0 Å². The number of carboxylic acid groups (broad SMARTS) is 1. The number of allylic oxidation sites excluding steroid dienone is 4. The van der Waals surface area contributed by atoms with E-state index < -0.39 is 6.09 Å². The van der Waals surface area contributed by atoms with Gasteiger partial charge in [-0.15, -0.1) is 0 Å². The summed E-state index contributed by atoms with van der Waals surface area (Å²) >= 11 is 4.16. The maximum Gasteiger partial charge on any atom is 0.407 e. The molecule has 3 nitrogen and oxygen atoms in total. The van der Waals surface area contributed by atoms with E-state index in [1.54, 1.807) is 4.90 Å². The summed E-state index contributed by atoms with van der Waals surface area (Å²) in [6, 6.07) is 0. The summed E-state index contributed by atoms with van der Waals surface area (Å²) in [6.45, 7) is 6.05. The van der Waals surface area contributed by atoms with Gasteiger partial charge in [-0.1, -0.05) is 154 Å². The van der Waals surface area contributed by atoms with E-state index in [2.05, 4.69) is 61.7 Å². The zero-order valence-corrected chi connectivity index (χ0v) is 33.1. The van der Waals surface area contributed by atoms with Crippen molar-refractivity contribution < 1.29 is 9.90 Å². The SMILES string of the molecule is CCCCCCCC/C=C\CCCCCCCCSCC1(CSCCCCCCCC/C=C\CCCCCCCC)CN(C(=O)O)C1. The first-order valence-corrected chi connectivity index (χ1v) is 22.9. The highest BCUT2D eigenvalue weighted by Crippen LogP contribution is 2.38. The zero-order chi connectivity index (χ0) is 33.9. The van der Waals surface area contributed by atoms with Gasteiger partial charge in [0.15, 0.2) is 0 Å². The van der Waals surface area contributed by atoms with E-state index in [1.807, 2.05) is 0 Å². The molecule has 0 spiro atoms. The molecule has 0 unspecified atom stereocenters. The van der Waals surface area contributed by atoms with Crippen LogP contribution in [-0.2, 0) is 0 Å². The molecular weight excluding hydrogens is 615 g/mol. The fourth-order valence-electron chi connectivity index (χ4n) is 6.60. The average molecular weight is 694 g/mol. The van der Waals surface area contributed by atoms with E-state index in [9.17, 15) is 9.90 Å². The quantitative estimate of drug-likeness (QED) is 0.0524. The molecule has 1 amide bonds. The second kappa shape index (κ2) is 33.9. The Hall–Kier alpha value is -0.550. The van der Waals surface area contributed by atoms with Crippen LogP contribution < -0.4 is 0 Å². The molecule has 0 atom stereocenters. The minimum Gasteiger partial charge on any atom is -0.465 e. The maximum absolute atomic E-state index is 11.5. The van der Waals surface area contributed by atoms with Crippen LogP contribution in [0.3, 0.4) is 0 Å². The van der Waals surface area contributed by atoms with Gasteiger partial charge in [0.05, 0.1) is 0 Å². The second-order valence-corrected chi connectivity index (χ2v) is 16.8. The fourth-order valence-corrected chi connectivity index (χ4v) is 9.27. The number of unbranched alkanes of at least 4 members (excludes halogenated alkanes) is 24. The Morgan fingerprint density at radius 2 is 0.809 bits per heavy atom. The zero-order valence-electron chi connectivity index (χ0n) is 31.5. The highest BCUT2D eigenvalue weighted by atomic mass is 32.2. The van der Waals surface area contributed by atoms with Crippen molar-refractivity contribution in [2.45, 2.75) is 194 Å². The van der Waals surface area contributed by atoms with Crippen LogP contribution in [0.2, 0.25) is 0 Å². The number of amides is 1. The van der Waals surface area contributed by atoms with Crippen molar-refractivity contribution in [1.29, 1.82) is 0 Å². The van der Waals surface area contributed by atoms with Crippen molar-refractivity contribution in [3.63, 3.8) is 0 Å². The largest absolute Gasteiger partial charge is 0.465 e. The average Bonchev–Trinajstić information content (AvgIpc) is 3.05. The molecule has 1 heterocycles. The predicted octanol–water partition coefficient (Wildman–Crippen LogP) is 14.5. The van der Waals surface area contributed by atoms with Crippen LogP contribution in [0, 0.1) is 5.41 Å². The molecule has 0 aromatic rings. The summed E-state index contributed by atoms with van der Waals surface area (Å²) in [5, 5.41) is 9.43. The summed E-state index contributed by atoms with van der Waals surface area (Å²) in [7, 11) is 0. The van der Waals surface area contributed by atoms with Gasteiger partial charge >= 0.3 is 6.09 Å². The van der Waals surface area contributed by atoms with Gasteiger partial charge in [0, 0.05) is 30.0 Å². The Labute approximate surface area is 302 Å². The number of hydrogen-bond acceptors (Lipinski definition) is 3. The lowest BCUT2D eigenvalue weighted by Gasteiger charge is -2.48. The summed E-state index contributed by atoms with van der Waals surface area (Å²) in [4.78, 5) is 13.1. The molecule has 0 aliphatic carbocycles. The molecule has 0 radical (unpaired) electrons. The Morgan fingerprint density at radius 3 is 1.13 bits per heavy atom. The summed E-state index contributed by atoms with van der Waals surface area (Å²) in [5.41, 5.74) is 0.207. The molecule has 0 aromatic carbocycles. The number of rotatable bonds is 36. The lowest BCUT2D eigenvalue weighted by molar-refractivity contribution is 0.0413. The number of thioether (sulfide) groups is 2. The molecule has 5 heteroatoms. The highest BCUT2D eigenvalue weighted by molar-refractivity contribution is 8.00. The van der Waals surface area contributed by atoms with Crippen LogP contribution in [0.5, 0.6) is 0 Å². The molecule has 47 heavy (non-hydrogen) atoms. The van der Waals surface area contributed by atoms with E-state index in [4.69, 9.17) is 0 Å². The van der Waals surface area contributed by atoms with E-state index in [-0.39, 0.29) is 5.41 Å². The standard InChI is InChI=1S/C42H79NO2S2/c1-3-5-7-9-11-13-15-17-19-21-23-25-27-29-31-33-35-46-39-42(37-43(38-42)41(44)45)40-47-36-34-32-30-28-26-24-22-20-18-16-14-12-10-8-6-4-2/h17-20H,3-16,21-40H2,1-2H3,(H,44,45)/b19-17-,20-18-. The monoisotopic (exact) mass is 694 g/mol. The number of carbonyl (C=O) groups is 1. The van der Waals surface area contributed by atoms with Crippen molar-refractivity contribution in [2.75, 3.05) is 36.1 Å². The second-order valence-electron chi connectivity index (χ2n) is 14.6. The van der Waals surface area contributed by atoms with E-state index in [1.165, 1.54) is 191 Å². The smallest absolute Gasteiger partial charge is 0.407 e. The topological polar surface area (TPSA) is 40.5 Å². The highest BCUT2D eigenvalue weighted by Gasteiger charge is 2.44. The van der Waals surface area contributed by atoms with E-state index in [0.29, 0.717) is 0 Å². The molecule has 0 bridgehead atoms. The first kappa shape index (κ1) is 44.5. The number of hydrogen-bond donors (Lipinski definition) is 1. The van der Waals surface area contributed by atoms with Gasteiger partial charge in [0.25, 0.3) is 0 Å². The lowest BCUT2D eigenvalue weighted by atomic mass is 9.84. The molecule has 0 saturated carbocycles. The fraction of sp³-hybridized carbons (Fsp3) is 0.881. The minimum absolute atomic E-state index is 0.207. The predicted molar refractivity (Wildman–Crippen MR) is 216 cm³/mol. The van der Waals surface area contributed by atoms with Crippen molar-refractivity contribution in [3.8, 4) is 0 Å². The molecular formula is C42H79NO2S2. The third-order valence-corrected chi connectivity index (χ3v) is 12.5. The molecule has 1 rings (SSSR count). The van der Waals surface area contributed by atoms with Gasteiger partial charge in [-0.3, -0.25) is 0 Å². The maximum atomic E-state index is 11.5. The van der Waals surface area contributed by atoms with Crippen molar-refractivity contribution >= 4 is 29.6 Å². The normalized spacial score (nSPS) is 14.5.